The van der Waals surface area contributed by atoms with E-state index >= 15 is 0 Å². The monoisotopic (exact) mass is 541 g/mol. The van der Waals surface area contributed by atoms with Crippen LogP contribution in [0.5, 0.6) is 5.75 Å². The van der Waals surface area contributed by atoms with Crippen LogP contribution in [0.25, 0.3) is 0 Å². The normalized spacial score (nSPS) is 14.7. The molecule has 8 heteroatoms. The Morgan fingerprint density at radius 1 is 1.03 bits per heavy atom. The number of nitrogens with two attached hydrogens (primary N) is 1. The van der Waals surface area contributed by atoms with Crippen molar-refractivity contribution in [2.24, 2.45) is 11.7 Å². The van der Waals surface area contributed by atoms with Gasteiger partial charge in [-0.25, -0.2) is 4.57 Å². The van der Waals surface area contributed by atoms with Crippen LogP contribution in [0.2, 0.25) is 0 Å². The van der Waals surface area contributed by atoms with Gasteiger partial charge in [-0.15, -0.1) is 0 Å². The molecule has 0 heterocycles. The van der Waals surface area contributed by atoms with E-state index in [4.69, 9.17) is 19.5 Å². The Morgan fingerprint density at radius 3 is 2.24 bits per heavy atom. The van der Waals surface area contributed by atoms with E-state index in [-0.39, 0.29) is 24.7 Å². The molecule has 0 fully saturated rings. The highest BCUT2D eigenvalue weighted by Gasteiger charge is 2.26. The summed E-state index contributed by atoms with van der Waals surface area (Å²) in [6.07, 6.45) is 15.1. The molecule has 0 bridgehead atoms. The van der Waals surface area contributed by atoms with Gasteiger partial charge < -0.3 is 20.2 Å². The summed E-state index contributed by atoms with van der Waals surface area (Å²) < 4.78 is 28.6. The van der Waals surface area contributed by atoms with E-state index in [2.05, 4.69) is 6.92 Å². The largest absolute Gasteiger partial charge is 0.494 e. The van der Waals surface area contributed by atoms with Crippen LogP contribution in [0.3, 0.4) is 0 Å². The first-order chi connectivity index (χ1) is 17.8. The quantitative estimate of drug-likeness (QED) is 0.104. The highest BCUT2D eigenvalue weighted by Crippen LogP contribution is 2.45. The van der Waals surface area contributed by atoms with Gasteiger partial charge in [-0.2, -0.15) is 0 Å². The molecule has 7 nitrogen and oxygen atoms in total. The van der Waals surface area contributed by atoms with Gasteiger partial charge in [-0.3, -0.25) is 9.05 Å². The minimum Gasteiger partial charge on any atom is -0.494 e. The first-order valence-electron chi connectivity index (χ1n) is 14.3. The summed E-state index contributed by atoms with van der Waals surface area (Å²) in [5, 5.41) is 0. The Morgan fingerprint density at radius 2 is 1.65 bits per heavy atom. The number of phosphoric ester groups is 1. The highest BCUT2D eigenvalue weighted by atomic mass is 31.2. The topological polar surface area (TPSA) is 108 Å². The number of hydrogen-bond donors (Lipinski definition) is 2. The van der Waals surface area contributed by atoms with Crippen LogP contribution in [-0.2, 0) is 24.8 Å². The molecule has 0 spiro atoms. The first kappa shape index (κ1) is 33.8. The van der Waals surface area contributed by atoms with Crippen molar-refractivity contribution < 1.29 is 28.0 Å². The molecule has 0 radical (unpaired) electrons. The molecular formula is C29H52NO6P. The van der Waals surface area contributed by atoms with Crippen LogP contribution < -0.4 is 10.5 Å². The Labute approximate surface area is 225 Å². The first-order valence-corrected chi connectivity index (χ1v) is 15.8. The molecule has 1 aromatic carbocycles. The Bertz CT molecular complexity index is 775. The zero-order valence-corrected chi connectivity index (χ0v) is 24.4. The summed E-state index contributed by atoms with van der Waals surface area (Å²) >= 11 is 0. The molecule has 0 aromatic heterocycles. The summed E-state index contributed by atoms with van der Waals surface area (Å²) in [6, 6.07) is 7.82. The van der Waals surface area contributed by atoms with Crippen LogP contribution in [0.1, 0.15) is 110 Å². The number of benzene rings is 1. The molecule has 3 unspecified atom stereocenters. The van der Waals surface area contributed by atoms with Crippen LogP contribution >= 0.6 is 7.82 Å². The lowest BCUT2D eigenvalue weighted by atomic mass is 9.95. The summed E-state index contributed by atoms with van der Waals surface area (Å²) in [5.41, 5.74) is 6.46. The second-order valence-corrected chi connectivity index (χ2v) is 11.7. The van der Waals surface area contributed by atoms with Gasteiger partial charge >= 0.3 is 7.82 Å². The zero-order valence-electron chi connectivity index (χ0n) is 23.5. The molecule has 214 valence electrons. The van der Waals surface area contributed by atoms with Crippen LogP contribution in [0.4, 0.5) is 0 Å². The van der Waals surface area contributed by atoms with Gasteiger partial charge in [-0.1, -0.05) is 83.3 Å². The third-order valence-corrected chi connectivity index (χ3v) is 7.48. The van der Waals surface area contributed by atoms with Crippen molar-refractivity contribution in [1.29, 1.82) is 0 Å². The lowest BCUT2D eigenvalue weighted by Crippen LogP contribution is -2.18. The number of Topliss-reactive ketones (excluding diaryl/α,β-unsaturated/α-hetero) is 1. The van der Waals surface area contributed by atoms with Gasteiger partial charge in [0.05, 0.1) is 19.3 Å². The predicted molar refractivity (Wildman–Crippen MR) is 151 cm³/mol. The molecule has 0 saturated heterocycles. The summed E-state index contributed by atoms with van der Waals surface area (Å²) in [6.45, 7) is 6.43. The molecule has 3 N–H and O–H groups in total. The molecule has 1 aromatic rings. The van der Waals surface area contributed by atoms with Crippen LogP contribution in [-0.4, -0.2) is 36.5 Å². The van der Waals surface area contributed by atoms with Crippen molar-refractivity contribution in [3.8, 4) is 5.75 Å². The number of carbonyl (C=O) groups excluding carboxylic acids is 1. The maximum Gasteiger partial charge on any atom is 0.472 e. The molecule has 0 aliphatic carbocycles. The van der Waals surface area contributed by atoms with Crippen molar-refractivity contribution in [2.45, 2.75) is 117 Å². The van der Waals surface area contributed by atoms with E-state index in [9.17, 15) is 14.3 Å². The maximum atomic E-state index is 12.3. The third kappa shape index (κ3) is 18.6. The molecule has 0 aliphatic rings. The second-order valence-electron chi connectivity index (χ2n) is 10.3. The van der Waals surface area contributed by atoms with Gasteiger partial charge in [0.1, 0.15) is 11.5 Å². The average Bonchev–Trinajstić information content (AvgIpc) is 2.83. The maximum absolute atomic E-state index is 12.3. The molecule has 1 rings (SSSR count). The number of rotatable bonds is 24. The Hall–Kier alpha value is -1.24. The lowest BCUT2D eigenvalue weighted by molar-refractivity contribution is -0.118. The SMILES string of the molecule is CCCCCCCCCCCCCOc1cccc(CC(COP(=O)(O)OC(C)CCN)CC(C)=O)c1. The fourth-order valence-corrected chi connectivity index (χ4v) is 5.41. The van der Waals surface area contributed by atoms with E-state index in [1.54, 1.807) is 6.92 Å². The Balaban J connectivity index is 2.38. The van der Waals surface area contributed by atoms with Gasteiger partial charge in [0.25, 0.3) is 0 Å². The molecule has 37 heavy (non-hydrogen) atoms. The van der Waals surface area contributed by atoms with Crippen LogP contribution in [0.15, 0.2) is 24.3 Å². The van der Waals surface area contributed by atoms with Gasteiger partial charge in [0, 0.05) is 6.42 Å². The number of ketones is 1. The van der Waals surface area contributed by atoms with Gasteiger partial charge in [0.2, 0.25) is 0 Å². The number of carbonyl (C=O) groups is 1. The molecular weight excluding hydrogens is 489 g/mol. The summed E-state index contributed by atoms with van der Waals surface area (Å²) in [5.74, 6) is 0.565. The van der Waals surface area contributed by atoms with Crippen LogP contribution in [0, 0.1) is 5.92 Å². The fraction of sp³-hybridized carbons (Fsp3) is 0.759. The van der Waals surface area contributed by atoms with Crippen molar-refractivity contribution in [3.05, 3.63) is 29.8 Å². The molecule has 0 aliphatic heterocycles. The van der Waals surface area contributed by atoms with Crippen molar-refractivity contribution in [2.75, 3.05) is 19.8 Å². The molecule has 0 amide bonds. The van der Waals surface area contributed by atoms with E-state index in [0.717, 1.165) is 17.7 Å². The van der Waals surface area contributed by atoms with E-state index in [1.165, 1.54) is 71.1 Å². The smallest absolute Gasteiger partial charge is 0.472 e. The number of unbranched alkanes of at least 4 members (excludes halogenated alkanes) is 10. The van der Waals surface area contributed by atoms with Crippen molar-refractivity contribution in [1.82, 2.24) is 0 Å². The summed E-state index contributed by atoms with van der Waals surface area (Å²) in [4.78, 5) is 21.8. The van der Waals surface area contributed by atoms with E-state index < -0.39 is 13.9 Å². The number of hydrogen-bond acceptors (Lipinski definition) is 6. The minimum absolute atomic E-state index is 0.00249. The fourth-order valence-electron chi connectivity index (χ4n) is 4.39. The van der Waals surface area contributed by atoms with E-state index in [1.807, 2.05) is 24.3 Å². The number of ether oxygens (including phenoxy) is 1. The third-order valence-electron chi connectivity index (χ3n) is 6.38. The lowest BCUT2D eigenvalue weighted by Gasteiger charge is -2.21. The molecule has 3 atom stereocenters. The second kappa shape index (κ2) is 20.7. The van der Waals surface area contributed by atoms with Gasteiger partial charge in [-0.05, 0) is 63.3 Å². The standard InChI is InChI=1S/C29H52NO6P/c1-4-5-6-7-8-9-10-11-12-13-14-20-34-29-17-15-16-27(23-29)22-28(21-25(2)31)24-35-37(32,33)36-26(3)18-19-30/h15-17,23,26,28H,4-14,18-22,24,30H2,1-3H3,(H,32,33). The van der Waals surface area contributed by atoms with E-state index in [0.29, 0.717) is 26.0 Å². The molecule has 0 saturated carbocycles. The van der Waals surface area contributed by atoms with Gasteiger partial charge in [0.15, 0.2) is 0 Å². The summed E-state index contributed by atoms with van der Waals surface area (Å²) in [7, 11) is -4.22. The minimum atomic E-state index is -4.22. The Kier molecular flexibility index (Phi) is 18.9. The number of phosphoric acid groups is 1. The highest BCUT2D eigenvalue weighted by molar-refractivity contribution is 7.47. The predicted octanol–water partition coefficient (Wildman–Crippen LogP) is 7.39. The zero-order chi connectivity index (χ0) is 27.4. The average molecular weight is 542 g/mol. The van der Waals surface area contributed by atoms with Crippen molar-refractivity contribution >= 4 is 13.6 Å². The van der Waals surface area contributed by atoms with Crippen molar-refractivity contribution in [3.63, 3.8) is 0 Å².